The van der Waals surface area contributed by atoms with Gasteiger partial charge in [-0.3, -0.25) is 9.78 Å². The molecule has 3 aromatic heterocycles. The van der Waals surface area contributed by atoms with E-state index in [0.29, 0.717) is 28.0 Å². The van der Waals surface area contributed by atoms with E-state index in [-0.39, 0.29) is 23.2 Å². The maximum absolute atomic E-state index is 13.3. The van der Waals surface area contributed by atoms with E-state index in [1.165, 1.54) is 49.1 Å². The minimum atomic E-state index is -0.558. The molecule has 10 heteroatoms. The number of fused-ring (bicyclic) bond motifs is 1. The van der Waals surface area contributed by atoms with Crippen LogP contribution >= 0.6 is 0 Å². The first-order valence-corrected chi connectivity index (χ1v) is 9.78. The number of hydrogen-bond donors (Lipinski definition) is 3. The molecule has 0 radical (unpaired) electrons. The molecule has 0 aliphatic heterocycles. The highest BCUT2D eigenvalue weighted by molar-refractivity contribution is 6.18. The number of aromatic nitrogens is 4. The van der Waals surface area contributed by atoms with Crippen LogP contribution in [0.4, 0.5) is 26.4 Å². The quantitative estimate of drug-likeness (QED) is 0.408. The summed E-state index contributed by atoms with van der Waals surface area (Å²) in [7, 11) is 0. The zero-order valence-corrected chi connectivity index (χ0v) is 17.3. The number of carbonyl (C=O) groups is 2. The summed E-state index contributed by atoms with van der Waals surface area (Å²) >= 11 is 0. The highest BCUT2D eigenvalue weighted by atomic mass is 19.1. The number of ketones is 1. The lowest BCUT2D eigenvalue weighted by Crippen LogP contribution is -2.19. The highest BCUT2D eigenvalue weighted by Gasteiger charge is 2.22. The van der Waals surface area contributed by atoms with Crippen LogP contribution < -0.4 is 16.4 Å². The van der Waals surface area contributed by atoms with Crippen LogP contribution in [0.15, 0.2) is 55.2 Å². The summed E-state index contributed by atoms with van der Waals surface area (Å²) in [5, 5.41) is 5.66. The standard InChI is InChI=1S/C22H20FN7O2/c1-12(2)30-10-17(18-20(24)26-11-27-21(18)30)19(31)13-7-16(9-25-8-13)29-22(32)28-15-5-3-14(23)4-6-15/h3-12H,1-2H3,(H2,24,26,27)(H2,28,29,32). The largest absolute Gasteiger partial charge is 0.383 e. The summed E-state index contributed by atoms with van der Waals surface area (Å²) in [4.78, 5) is 37.9. The lowest BCUT2D eigenvalue weighted by atomic mass is 10.1. The van der Waals surface area contributed by atoms with Gasteiger partial charge in [0.05, 0.1) is 22.8 Å². The molecule has 0 spiro atoms. The van der Waals surface area contributed by atoms with E-state index in [4.69, 9.17) is 5.73 Å². The Morgan fingerprint density at radius 1 is 1.06 bits per heavy atom. The molecule has 0 atom stereocenters. The van der Waals surface area contributed by atoms with Gasteiger partial charge in [0.1, 0.15) is 23.6 Å². The number of pyridine rings is 1. The maximum atomic E-state index is 13.3. The van der Waals surface area contributed by atoms with Crippen molar-refractivity contribution in [1.29, 1.82) is 0 Å². The highest BCUT2D eigenvalue weighted by Crippen LogP contribution is 2.28. The predicted molar refractivity (Wildman–Crippen MR) is 119 cm³/mol. The molecule has 0 saturated carbocycles. The van der Waals surface area contributed by atoms with E-state index in [9.17, 15) is 14.0 Å². The monoisotopic (exact) mass is 433 g/mol. The van der Waals surface area contributed by atoms with E-state index in [1.54, 1.807) is 6.20 Å². The van der Waals surface area contributed by atoms with Crippen LogP contribution in [0.2, 0.25) is 0 Å². The van der Waals surface area contributed by atoms with Crippen molar-refractivity contribution in [2.45, 2.75) is 19.9 Å². The van der Waals surface area contributed by atoms with E-state index >= 15 is 0 Å². The third-order valence-electron chi connectivity index (χ3n) is 4.80. The molecule has 0 aliphatic carbocycles. The summed E-state index contributed by atoms with van der Waals surface area (Å²) in [5.41, 5.74) is 7.95. The van der Waals surface area contributed by atoms with E-state index < -0.39 is 11.8 Å². The van der Waals surface area contributed by atoms with Gasteiger partial charge in [0.15, 0.2) is 5.78 Å². The SMILES string of the molecule is CC(C)n1cc(C(=O)c2cncc(NC(=O)Nc3ccc(F)cc3)c2)c2c(N)ncnc21. The van der Waals surface area contributed by atoms with Crippen LogP contribution in [0.5, 0.6) is 0 Å². The van der Waals surface area contributed by atoms with Crippen LogP contribution in [-0.2, 0) is 0 Å². The van der Waals surface area contributed by atoms with E-state index in [1.807, 2.05) is 18.4 Å². The summed E-state index contributed by atoms with van der Waals surface area (Å²) in [6, 6.07) is 6.34. The van der Waals surface area contributed by atoms with E-state index in [0.717, 1.165) is 0 Å². The number of nitrogen functional groups attached to an aromatic ring is 1. The molecule has 32 heavy (non-hydrogen) atoms. The van der Waals surface area contributed by atoms with Crippen molar-refractivity contribution in [3.05, 3.63) is 72.2 Å². The molecular formula is C22H20FN7O2. The van der Waals surface area contributed by atoms with Crippen molar-refractivity contribution in [2.75, 3.05) is 16.4 Å². The molecule has 0 bridgehead atoms. The van der Waals surface area contributed by atoms with Crippen LogP contribution in [-0.4, -0.2) is 31.3 Å². The molecular weight excluding hydrogens is 413 g/mol. The number of halogens is 1. The average Bonchev–Trinajstić information content (AvgIpc) is 3.16. The Morgan fingerprint density at radius 2 is 1.78 bits per heavy atom. The molecule has 0 unspecified atom stereocenters. The minimum Gasteiger partial charge on any atom is -0.383 e. The Bertz CT molecular complexity index is 1320. The zero-order valence-electron chi connectivity index (χ0n) is 17.3. The van der Waals surface area contributed by atoms with Gasteiger partial charge in [-0.15, -0.1) is 0 Å². The molecule has 4 aromatic rings. The number of nitrogens with one attached hydrogen (secondary N) is 2. The number of nitrogens with zero attached hydrogens (tertiary/aromatic N) is 4. The molecule has 4 N–H and O–H groups in total. The number of carbonyl (C=O) groups excluding carboxylic acids is 2. The van der Waals surface area contributed by atoms with Gasteiger partial charge in [-0.05, 0) is 44.2 Å². The molecule has 9 nitrogen and oxygen atoms in total. The molecule has 1 aromatic carbocycles. The Kier molecular flexibility index (Phi) is 5.50. The first kappa shape index (κ1) is 20.9. The number of hydrogen-bond acceptors (Lipinski definition) is 6. The first-order valence-electron chi connectivity index (χ1n) is 9.78. The van der Waals surface area contributed by atoms with Gasteiger partial charge in [-0.25, -0.2) is 19.2 Å². The zero-order chi connectivity index (χ0) is 22.8. The summed E-state index contributed by atoms with van der Waals surface area (Å²) in [5.74, 6) is -0.527. The molecule has 3 heterocycles. The fraction of sp³-hybridized carbons (Fsp3) is 0.136. The smallest absolute Gasteiger partial charge is 0.323 e. The van der Waals surface area contributed by atoms with Crippen molar-refractivity contribution in [3.63, 3.8) is 0 Å². The van der Waals surface area contributed by atoms with Crippen molar-refractivity contribution in [2.24, 2.45) is 0 Å². The summed E-state index contributed by atoms with van der Waals surface area (Å²) in [6.45, 7) is 3.94. The number of nitrogens with two attached hydrogens (primary N) is 1. The van der Waals surface area contributed by atoms with Crippen molar-refractivity contribution >= 4 is 40.0 Å². The molecule has 162 valence electrons. The number of rotatable bonds is 5. The van der Waals surface area contributed by atoms with Gasteiger partial charge in [-0.1, -0.05) is 0 Å². The van der Waals surface area contributed by atoms with Crippen molar-refractivity contribution in [1.82, 2.24) is 19.5 Å². The topological polar surface area (TPSA) is 128 Å². The third kappa shape index (κ3) is 4.10. The first-order chi connectivity index (χ1) is 15.3. The van der Waals surface area contributed by atoms with Gasteiger partial charge in [0.25, 0.3) is 0 Å². The Morgan fingerprint density at radius 3 is 2.50 bits per heavy atom. The van der Waals surface area contributed by atoms with Crippen molar-refractivity contribution in [3.8, 4) is 0 Å². The summed E-state index contributed by atoms with van der Waals surface area (Å²) < 4.78 is 14.9. The second-order valence-corrected chi connectivity index (χ2v) is 7.38. The van der Waals surface area contributed by atoms with Gasteiger partial charge < -0.3 is 20.9 Å². The van der Waals surface area contributed by atoms with Crippen LogP contribution in [0, 0.1) is 5.82 Å². The fourth-order valence-corrected chi connectivity index (χ4v) is 3.29. The number of urea groups is 1. The van der Waals surface area contributed by atoms with Gasteiger partial charge in [0, 0.05) is 29.7 Å². The Labute approximate surface area is 182 Å². The molecule has 0 aliphatic rings. The van der Waals surface area contributed by atoms with Gasteiger partial charge in [0.2, 0.25) is 0 Å². The van der Waals surface area contributed by atoms with Crippen LogP contribution in [0.3, 0.4) is 0 Å². The predicted octanol–water partition coefficient (Wildman–Crippen LogP) is 4.00. The number of benzene rings is 1. The summed E-state index contributed by atoms with van der Waals surface area (Å²) in [6.07, 6.45) is 5.88. The Balaban J connectivity index is 1.60. The molecule has 0 fully saturated rings. The third-order valence-corrected chi connectivity index (χ3v) is 4.80. The minimum absolute atomic E-state index is 0.0506. The molecule has 0 saturated heterocycles. The maximum Gasteiger partial charge on any atom is 0.323 e. The second-order valence-electron chi connectivity index (χ2n) is 7.38. The van der Waals surface area contributed by atoms with E-state index in [2.05, 4.69) is 25.6 Å². The Hall–Kier alpha value is -4.34. The fourth-order valence-electron chi connectivity index (χ4n) is 3.29. The van der Waals surface area contributed by atoms with Crippen LogP contribution in [0.25, 0.3) is 11.0 Å². The average molecular weight is 433 g/mol. The number of amides is 2. The molecule has 2 amide bonds. The van der Waals surface area contributed by atoms with Crippen LogP contribution in [0.1, 0.15) is 35.8 Å². The normalized spacial score (nSPS) is 11.0. The van der Waals surface area contributed by atoms with Crippen molar-refractivity contribution < 1.29 is 14.0 Å². The molecule has 4 rings (SSSR count). The lowest BCUT2D eigenvalue weighted by Gasteiger charge is -2.08. The van der Waals surface area contributed by atoms with Gasteiger partial charge >= 0.3 is 6.03 Å². The number of anilines is 3. The van der Waals surface area contributed by atoms with Gasteiger partial charge in [-0.2, -0.15) is 0 Å². The lowest BCUT2D eigenvalue weighted by molar-refractivity contribution is 0.103. The second kappa shape index (κ2) is 8.42.